The first kappa shape index (κ1) is 17.9. The van der Waals surface area contributed by atoms with Gasteiger partial charge in [0.15, 0.2) is 0 Å². The van der Waals surface area contributed by atoms with E-state index in [1.165, 1.54) is 6.33 Å². The summed E-state index contributed by atoms with van der Waals surface area (Å²) in [6, 6.07) is 13.3. The molecule has 3 aromatic heterocycles. The van der Waals surface area contributed by atoms with Gasteiger partial charge in [-0.2, -0.15) is 0 Å². The number of benzene rings is 1. The summed E-state index contributed by atoms with van der Waals surface area (Å²) in [6.45, 7) is 0.865. The highest BCUT2D eigenvalue weighted by atomic mass is 16.5. The van der Waals surface area contributed by atoms with Gasteiger partial charge in [0, 0.05) is 25.4 Å². The van der Waals surface area contributed by atoms with Crippen LogP contribution in [0.3, 0.4) is 0 Å². The molecule has 28 heavy (non-hydrogen) atoms. The number of carbonyl (C=O) groups excluding carboxylic acids is 1. The van der Waals surface area contributed by atoms with E-state index in [9.17, 15) is 4.79 Å². The Morgan fingerprint density at radius 3 is 2.68 bits per heavy atom. The van der Waals surface area contributed by atoms with Gasteiger partial charge in [-0.05, 0) is 36.4 Å². The van der Waals surface area contributed by atoms with Gasteiger partial charge < -0.3 is 19.2 Å². The van der Waals surface area contributed by atoms with Gasteiger partial charge in [0.1, 0.15) is 17.7 Å². The molecule has 1 N–H and O–H groups in total. The van der Waals surface area contributed by atoms with Crippen molar-refractivity contribution < 1.29 is 14.3 Å². The van der Waals surface area contributed by atoms with E-state index in [1.54, 1.807) is 14.2 Å². The molecule has 7 nitrogen and oxygen atoms in total. The van der Waals surface area contributed by atoms with Crippen LogP contribution in [0, 0.1) is 0 Å². The maximum absolute atomic E-state index is 13.0. The van der Waals surface area contributed by atoms with Crippen LogP contribution in [0.15, 0.2) is 55.0 Å². The molecular formula is C21H20N4O3. The van der Waals surface area contributed by atoms with Crippen molar-refractivity contribution in [3.8, 4) is 17.0 Å². The summed E-state index contributed by atoms with van der Waals surface area (Å²) in [5.74, 6) is 0.578. The summed E-state index contributed by atoms with van der Waals surface area (Å²) in [6.07, 6.45) is 3.42. The molecule has 7 heteroatoms. The third-order valence-corrected chi connectivity index (χ3v) is 4.60. The molecule has 0 bridgehead atoms. The molecule has 3 heterocycles. The summed E-state index contributed by atoms with van der Waals surface area (Å²) in [4.78, 5) is 22.0. The zero-order valence-corrected chi connectivity index (χ0v) is 15.7. The number of ether oxygens (including phenoxy) is 2. The second-order valence-electron chi connectivity index (χ2n) is 6.23. The fraction of sp³-hybridized carbons (Fsp3) is 0.190. The van der Waals surface area contributed by atoms with Gasteiger partial charge >= 0.3 is 0 Å². The number of nitrogens with zero attached hydrogens (tertiary/aromatic N) is 3. The van der Waals surface area contributed by atoms with E-state index < -0.39 is 0 Å². The van der Waals surface area contributed by atoms with Gasteiger partial charge in [-0.25, -0.2) is 9.97 Å². The van der Waals surface area contributed by atoms with Crippen LogP contribution in [0.2, 0.25) is 0 Å². The van der Waals surface area contributed by atoms with Gasteiger partial charge in [0.05, 0.1) is 35.9 Å². The molecule has 0 unspecified atom stereocenters. The van der Waals surface area contributed by atoms with Crippen molar-refractivity contribution in [3.05, 3.63) is 60.6 Å². The maximum Gasteiger partial charge on any atom is 0.254 e. The minimum atomic E-state index is -0.180. The zero-order chi connectivity index (χ0) is 19.5. The van der Waals surface area contributed by atoms with Crippen LogP contribution < -0.4 is 10.1 Å². The minimum absolute atomic E-state index is 0.180. The average Bonchev–Trinajstić information content (AvgIpc) is 3.09. The molecule has 4 aromatic rings. The molecule has 0 fully saturated rings. The largest absolute Gasteiger partial charge is 0.497 e. The molecule has 0 saturated heterocycles. The smallest absolute Gasteiger partial charge is 0.254 e. The molecule has 1 amide bonds. The fourth-order valence-electron chi connectivity index (χ4n) is 3.30. The first-order valence-corrected chi connectivity index (χ1v) is 8.90. The summed E-state index contributed by atoms with van der Waals surface area (Å²) >= 11 is 0. The summed E-state index contributed by atoms with van der Waals surface area (Å²) in [7, 11) is 3.23. The van der Waals surface area contributed by atoms with Crippen LogP contribution in [0.5, 0.6) is 5.75 Å². The first-order valence-electron chi connectivity index (χ1n) is 8.90. The molecule has 142 valence electrons. The van der Waals surface area contributed by atoms with Crippen molar-refractivity contribution in [1.29, 1.82) is 0 Å². The molecule has 0 saturated carbocycles. The number of nitrogens with one attached hydrogen (secondary N) is 1. The number of carbonyl (C=O) groups is 1. The molecule has 0 spiro atoms. The van der Waals surface area contributed by atoms with Crippen molar-refractivity contribution in [3.63, 3.8) is 0 Å². The van der Waals surface area contributed by atoms with Crippen molar-refractivity contribution in [2.75, 3.05) is 27.4 Å². The van der Waals surface area contributed by atoms with Crippen LogP contribution in [-0.4, -0.2) is 47.6 Å². The predicted octanol–water partition coefficient (Wildman–Crippen LogP) is 2.93. The zero-order valence-electron chi connectivity index (χ0n) is 15.7. The van der Waals surface area contributed by atoms with E-state index in [0.29, 0.717) is 35.4 Å². The van der Waals surface area contributed by atoms with Gasteiger partial charge in [-0.15, -0.1) is 0 Å². The predicted molar refractivity (Wildman–Crippen MR) is 107 cm³/mol. The molecule has 0 aliphatic rings. The Labute approximate surface area is 161 Å². The van der Waals surface area contributed by atoms with Crippen molar-refractivity contribution in [2.24, 2.45) is 0 Å². The Morgan fingerprint density at radius 2 is 1.93 bits per heavy atom. The highest BCUT2D eigenvalue weighted by Gasteiger charge is 2.22. The Kier molecular flexibility index (Phi) is 4.90. The van der Waals surface area contributed by atoms with E-state index in [4.69, 9.17) is 9.47 Å². The van der Waals surface area contributed by atoms with E-state index in [0.717, 1.165) is 16.8 Å². The van der Waals surface area contributed by atoms with E-state index in [1.807, 2.05) is 53.1 Å². The molecule has 1 aromatic carbocycles. The Balaban J connectivity index is 1.95. The second kappa shape index (κ2) is 7.66. The highest BCUT2D eigenvalue weighted by molar-refractivity contribution is 6.16. The SMILES string of the molecule is COCCNC(=O)c1c2c(-c3ccc(OC)cc3)ncnc2n2ccccc12. The average molecular weight is 376 g/mol. The quantitative estimate of drug-likeness (QED) is 0.524. The number of amides is 1. The Hall–Kier alpha value is -3.45. The molecule has 4 rings (SSSR count). The fourth-order valence-corrected chi connectivity index (χ4v) is 3.30. The van der Waals surface area contributed by atoms with Gasteiger partial charge in [0.2, 0.25) is 0 Å². The van der Waals surface area contributed by atoms with Crippen LogP contribution in [0.1, 0.15) is 10.4 Å². The first-order chi connectivity index (χ1) is 13.7. The van der Waals surface area contributed by atoms with Crippen LogP contribution in [0.25, 0.3) is 27.8 Å². The number of pyridine rings is 1. The Bertz CT molecular complexity index is 1140. The maximum atomic E-state index is 13.0. The topological polar surface area (TPSA) is 77.8 Å². The lowest BCUT2D eigenvalue weighted by atomic mass is 10.0. The van der Waals surface area contributed by atoms with Crippen molar-refractivity contribution >= 4 is 22.5 Å². The second-order valence-corrected chi connectivity index (χ2v) is 6.23. The van der Waals surface area contributed by atoms with Crippen molar-refractivity contribution in [1.82, 2.24) is 19.7 Å². The van der Waals surface area contributed by atoms with Crippen LogP contribution in [-0.2, 0) is 4.74 Å². The van der Waals surface area contributed by atoms with Gasteiger partial charge in [-0.3, -0.25) is 4.79 Å². The molecule has 0 radical (unpaired) electrons. The Morgan fingerprint density at radius 1 is 1.11 bits per heavy atom. The minimum Gasteiger partial charge on any atom is -0.497 e. The van der Waals surface area contributed by atoms with Gasteiger partial charge in [-0.1, -0.05) is 6.07 Å². The lowest BCUT2D eigenvalue weighted by Gasteiger charge is -2.07. The third kappa shape index (κ3) is 3.05. The van der Waals surface area contributed by atoms with Gasteiger partial charge in [0.25, 0.3) is 5.91 Å². The number of aromatic nitrogens is 3. The summed E-state index contributed by atoms with van der Waals surface area (Å²) in [5.41, 5.74) is 3.61. The number of methoxy groups -OCH3 is 2. The molecule has 0 aliphatic heterocycles. The van der Waals surface area contributed by atoms with Crippen molar-refractivity contribution in [2.45, 2.75) is 0 Å². The van der Waals surface area contributed by atoms with Crippen LogP contribution >= 0.6 is 0 Å². The number of hydrogen-bond acceptors (Lipinski definition) is 5. The van der Waals surface area contributed by atoms with E-state index in [-0.39, 0.29) is 5.91 Å². The monoisotopic (exact) mass is 376 g/mol. The lowest BCUT2D eigenvalue weighted by Crippen LogP contribution is -2.27. The highest BCUT2D eigenvalue weighted by Crippen LogP contribution is 2.33. The lowest BCUT2D eigenvalue weighted by molar-refractivity contribution is 0.0940. The van der Waals surface area contributed by atoms with E-state index in [2.05, 4.69) is 15.3 Å². The summed E-state index contributed by atoms with van der Waals surface area (Å²) in [5, 5.41) is 3.63. The number of fused-ring (bicyclic) bond motifs is 3. The van der Waals surface area contributed by atoms with E-state index >= 15 is 0 Å². The summed E-state index contributed by atoms with van der Waals surface area (Å²) < 4.78 is 12.2. The standard InChI is InChI=1S/C21H20N4O3/c1-27-12-10-22-21(26)17-16-5-3-4-11-25(16)20-18(17)19(23-13-24-20)14-6-8-15(28-2)9-7-14/h3-9,11,13H,10,12H2,1-2H3,(H,22,26). The molecular weight excluding hydrogens is 356 g/mol. The van der Waals surface area contributed by atoms with Crippen LogP contribution in [0.4, 0.5) is 0 Å². The number of hydrogen-bond donors (Lipinski definition) is 1. The normalized spacial score (nSPS) is 11.1. The third-order valence-electron chi connectivity index (χ3n) is 4.60. The number of rotatable bonds is 6. The molecule has 0 atom stereocenters. The molecule has 0 aliphatic carbocycles.